The summed E-state index contributed by atoms with van der Waals surface area (Å²) >= 11 is 0. The van der Waals surface area contributed by atoms with Gasteiger partial charge < -0.3 is 11.1 Å². The number of rotatable bonds is 7. The minimum atomic E-state index is -0.323. The molecule has 2 rings (SSSR count). The van der Waals surface area contributed by atoms with Crippen LogP contribution in [0.4, 0.5) is 15.8 Å². The largest absolute Gasteiger partial charge is 0.398 e. The molecule has 0 fully saturated rings. The number of fused-ring (bicyclic) bond motifs is 1. The maximum Gasteiger partial charge on any atom is 0.150 e. The van der Waals surface area contributed by atoms with Crippen molar-refractivity contribution in [3.8, 4) is 0 Å². The number of aromatic nitrogens is 1. The Balaban J connectivity index is 2.35. The van der Waals surface area contributed by atoms with Gasteiger partial charge in [-0.25, -0.2) is 4.39 Å². The molecule has 0 spiro atoms. The molecule has 1 unspecified atom stereocenters. The first-order valence-electron chi connectivity index (χ1n) is 7.76. The van der Waals surface area contributed by atoms with Gasteiger partial charge in [-0.1, -0.05) is 33.1 Å². The van der Waals surface area contributed by atoms with Crippen LogP contribution in [0.25, 0.3) is 10.9 Å². The van der Waals surface area contributed by atoms with E-state index in [9.17, 15) is 4.39 Å². The Morgan fingerprint density at radius 2 is 2.10 bits per heavy atom. The van der Waals surface area contributed by atoms with Crippen LogP contribution in [0.3, 0.4) is 0 Å². The van der Waals surface area contributed by atoms with Crippen molar-refractivity contribution in [1.82, 2.24) is 4.98 Å². The number of unbranched alkanes of at least 4 members (excludes halogenated alkanes) is 1. The van der Waals surface area contributed by atoms with E-state index in [0.717, 1.165) is 37.5 Å². The highest BCUT2D eigenvalue weighted by Gasteiger charge is 2.15. The van der Waals surface area contributed by atoms with Crippen LogP contribution in [0.15, 0.2) is 24.4 Å². The number of benzene rings is 1. The van der Waals surface area contributed by atoms with E-state index in [0.29, 0.717) is 16.9 Å². The van der Waals surface area contributed by atoms with Crippen LogP contribution in [-0.2, 0) is 0 Å². The van der Waals surface area contributed by atoms with E-state index in [2.05, 4.69) is 24.1 Å². The second kappa shape index (κ2) is 7.25. The van der Waals surface area contributed by atoms with Crippen LogP contribution in [0.1, 0.15) is 46.0 Å². The van der Waals surface area contributed by atoms with Crippen molar-refractivity contribution >= 4 is 22.3 Å². The summed E-state index contributed by atoms with van der Waals surface area (Å²) in [5.74, 6) is -0.323. The zero-order valence-electron chi connectivity index (χ0n) is 12.8. The summed E-state index contributed by atoms with van der Waals surface area (Å²) in [6, 6.07) is 5.36. The molecule has 114 valence electrons. The van der Waals surface area contributed by atoms with Gasteiger partial charge in [-0.15, -0.1) is 0 Å². The molecule has 1 aromatic heterocycles. The lowest BCUT2D eigenvalue weighted by atomic mass is 10.0. The zero-order valence-corrected chi connectivity index (χ0v) is 12.8. The van der Waals surface area contributed by atoms with Crippen LogP contribution < -0.4 is 11.1 Å². The van der Waals surface area contributed by atoms with Crippen LogP contribution in [-0.4, -0.2) is 11.0 Å². The molecule has 4 heteroatoms. The first-order chi connectivity index (χ1) is 10.2. The number of pyridine rings is 1. The monoisotopic (exact) mass is 289 g/mol. The molecule has 0 radical (unpaired) electrons. The fraction of sp³-hybridized carbons (Fsp3) is 0.471. The number of nitrogens with zero attached hydrogens (tertiary/aromatic N) is 1. The Morgan fingerprint density at radius 3 is 2.81 bits per heavy atom. The molecule has 2 aromatic rings. The Morgan fingerprint density at radius 1 is 1.29 bits per heavy atom. The SMILES string of the molecule is CCCCC(CCC)Nc1c(F)cc(N)c2cccnc12. The highest BCUT2D eigenvalue weighted by atomic mass is 19.1. The fourth-order valence-electron chi connectivity index (χ4n) is 2.67. The number of nitrogen functional groups attached to an aromatic ring is 1. The minimum absolute atomic E-state index is 0.276. The highest BCUT2D eigenvalue weighted by Crippen LogP contribution is 2.31. The molecule has 0 amide bonds. The maximum absolute atomic E-state index is 14.3. The summed E-state index contributed by atoms with van der Waals surface area (Å²) in [6.07, 6.45) is 7.10. The van der Waals surface area contributed by atoms with Crippen LogP contribution in [0, 0.1) is 5.82 Å². The standard InChI is InChI=1S/C17H24FN3/c1-3-5-8-12(7-4-2)21-17-14(18)11-15(19)13-9-6-10-20-16(13)17/h6,9-12,21H,3-5,7-8,19H2,1-2H3. The van der Waals surface area contributed by atoms with Crippen molar-refractivity contribution in [2.45, 2.75) is 52.0 Å². The number of anilines is 2. The van der Waals surface area contributed by atoms with Gasteiger partial charge in [0.05, 0.1) is 11.2 Å². The predicted molar refractivity (Wildman–Crippen MR) is 88.0 cm³/mol. The first-order valence-corrected chi connectivity index (χ1v) is 7.76. The third kappa shape index (κ3) is 3.63. The number of hydrogen-bond donors (Lipinski definition) is 2. The summed E-state index contributed by atoms with van der Waals surface area (Å²) in [6.45, 7) is 4.32. The molecule has 21 heavy (non-hydrogen) atoms. The van der Waals surface area contributed by atoms with E-state index in [-0.39, 0.29) is 11.9 Å². The van der Waals surface area contributed by atoms with E-state index >= 15 is 0 Å². The van der Waals surface area contributed by atoms with E-state index in [4.69, 9.17) is 5.73 Å². The van der Waals surface area contributed by atoms with Crippen molar-refractivity contribution < 1.29 is 4.39 Å². The number of hydrogen-bond acceptors (Lipinski definition) is 3. The van der Waals surface area contributed by atoms with E-state index in [1.807, 2.05) is 12.1 Å². The van der Waals surface area contributed by atoms with E-state index < -0.39 is 0 Å². The van der Waals surface area contributed by atoms with Gasteiger partial charge in [0.15, 0.2) is 5.82 Å². The smallest absolute Gasteiger partial charge is 0.150 e. The van der Waals surface area contributed by atoms with Crippen molar-refractivity contribution in [1.29, 1.82) is 0 Å². The lowest BCUT2D eigenvalue weighted by Gasteiger charge is -2.21. The van der Waals surface area contributed by atoms with Gasteiger partial charge in [0.2, 0.25) is 0 Å². The van der Waals surface area contributed by atoms with Crippen LogP contribution >= 0.6 is 0 Å². The molecular formula is C17H24FN3. The van der Waals surface area contributed by atoms with Crippen LogP contribution in [0.2, 0.25) is 0 Å². The molecule has 1 atom stereocenters. The second-order valence-electron chi connectivity index (χ2n) is 5.49. The molecule has 0 aliphatic carbocycles. The summed E-state index contributed by atoms with van der Waals surface area (Å²) < 4.78 is 14.3. The molecule has 1 aromatic carbocycles. The van der Waals surface area contributed by atoms with Gasteiger partial charge >= 0.3 is 0 Å². The molecule has 1 heterocycles. The average molecular weight is 289 g/mol. The molecule has 0 bridgehead atoms. The highest BCUT2D eigenvalue weighted by molar-refractivity contribution is 5.98. The molecule has 0 aliphatic rings. The summed E-state index contributed by atoms with van der Waals surface area (Å²) in [7, 11) is 0. The van der Waals surface area contributed by atoms with Crippen molar-refractivity contribution in [3.05, 3.63) is 30.2 Å². The zero-order chi connectivity index (χ0) is 15.2. The lowest BCUT2D eigenvalue weighted by molar-refractivity contribution is 0.557. The van der Waals surface area contributed by atoms with Crippen molar-refractivity contribution in [3.63, 3.8) is 0 Å². The number of nitrogens with two attached hydrogens (primary N) is 1. The van der Waals surface area contributed by atoms with Gasteiger partial charge in [-0.2, -0.15) is 0 Å². The molecule has 3 nitrogen and oxygen atoms in total. The van der Waals surface area contributed by atoms with Gasteiger partial charge in [-0.05, 0) is 31.0 Å². The van der Waals surface area contributed by atoms with E-state index in [1.54, 1.807) is 6.20 Å². The van der Waals surface area contributed by atoms with Crippen molar-refractivity contribution in [2.24, 2.45) is 0 Å². The molecule has 0 aliphatic heterocycles. The first kappa shape index (κ1) is 15.5. The second-order valence-corrected chi connectivity index (χ2v) is 5.49. The Kier molecular flexibility index (Phi) is 5.37. The predicted octanol–water partition coefficient (Wildman–Crippen LogP) is 4.73. The number of nitrogens with one attached hydrogen (secondary N) is 1. The fourth-order valence-corrected chi connectivity index (χ4v) is 2.67. The van der Waals surface area contributed by atoms with Gasteiger partial charge in [0.1, 0.15) is 0 Å². The summed E-state index contributed by atoms with van der Waals surface area (Å²) in [5.41, 5.74) is 7.42. The Labute approximate surface area is 125 Å². The lowest BCUT2D eigenvalue weighted by Crippen LogP contribution is -2.20. The third-order valence-electron chi connectivity index (χ3n) is 3.77. The molecule has 0 saturated heterocycles. The number of halogens is 1. The van der Waals surface area contributed by atoms with Gasteiger partial charge in [0.25, 0.3) is 0 Å². The van der Waals surface area contributed by atoms with Crippen LogP contribution in [0.5, 0.6) is 0 Å². The normalized spacial score (nSPS) is 12.5. The average Bonchev–Trinajstić information content (AvgIpc) is 2.49. The molecule has 3 N–H and O–H groups in total. The van der Waals surface area contributed by atoms with Crippen molar-refractivity contribution in [2.75, 3.05) is 11.1 Å². The molecular weight excluding hydrogens is 265 g/mol. The van der Waals surface area contributed by atoms with Gasteiger partial charge in [0, 0.05) is 23.3 Å². The summed E-state index contributed by atoms with van der Waals surface area (Å²) in [5, 5.41) is 4.16. The Hall–Kier alpha value is -1.84. The third-order valence-corrected chi connectivity index (χ3v) is 3.77. The van der Waals surface area contributed by atoms with Gasteiger partial charge in [-0.3, -0.25) is 4.98 Å². The summed E-state index contributed by atoms with van der Waals surface area (Å²) in [4.78, 5) is 4.31. The topological polar surface area (TPSA) is 50.9 Å². The van der Waals surface area contributed by atoms with E-state index in [1.165, 1.54) is 6.07 Å². The quantitative estimate of drug-likeness (QED) is 0.725. The minimum Gasteiger partial charge on any atom is -0.398 e. The molecule has 0 saturated carbocycles. The Bertz CT molecular complexity index is 598. The maximum atomic E-state index is 14.3.